The van der Waals surface area contributed by atoms with Gasteiger partial charge in [-0.3, -0.25) is 0 Å². The van der Waals surface area contributed by atoms with Gasteiger partial charge in [0.05, 0.1) is 5.56 Å². The van der Waals surface area contributed by atoms with Gasteiger partial charge in [-0.2, -0.15) is 22.8 Å². The van der Waals surface area contributed by atoms with E-state index in [-0.39, 0.29) is 6.07 Å². The summed E-state index contributed by atoms with van der Waals surface area (Å²) in [6, 6.07) is 1.24. The number of rotatable bonds is 0. The molecule has 0 spiro atoms. The van der Waals surface area contributed by atoms with Crippen LogP contribution in [0.1, 0.15) is 11.3 Å². The largest absolute Gasteiger partial charge is 0.434 e. The molecular formula is C7HF5N2. The molecule has 7 heteroatoms. The lowest BCUT2D eigenvalue weighted by molar-refractivity contribution is -0.141. The molecule has 14 heavy (non-hydrogen) atoms. The second-order valence-electron chi connectivity index (χ2n) is 2.27. The van der Waals surface area contributed by atoms with Crippen molar-refractivity contribution in [1.82, 2.24) is 4.98 Å². The van der Waals surface area contributed by atoms with Gasteiger partial charge in [-0.05, 0) is 6.07 Å². The predicted molar refractivity (Wildman–Crippen MR) is 33.9 cm³/mol. The van der Waals surface area contributed by atoms with Gasteiger partial charge in [0.1, 0.15) is 6.07 Å². The lowest BCUT2D eigenvalue weighted by atomic mass is 10.2. The summed E-state index contributed by atoms with van der Waals surface area (Å²) < 4.78 is 60.8. The fraction of sp³-hybridized carbons (Fsp3) is 0.143. The molecule has 0 aromatic carbocycles. The Labute approximate surface area is 74.6 Å². The van der Waals surface area contributed by atoms with Crippen LogP contribution in [0.25, 0.3) is 0 Å². The zero-order chi connectivity index (χ0) is 10.9. The van der Waals surface area contributed by atoms with Crippen molar-refractivity contribution in [3.63, 3.8) is 0 Å². The van der Waals surface area contributed by atoms with Gasteiger partial charge in [0.2, 0.25) is 5.95 Å². The summed E-state index contributed by atoms with van der Waals surface area (Å²) in [6.45, 7) is 0. The van der Waals surface area contributed by atoms with E-state index in [0.717, 1.165) is 6.07 Å². The first-order valence-electron chi connectivity index (χ1n) is 3.19. The van der Waals surface area contributed by atoms with Crippen molar-refractivity contribution in [2.24, 2.45) is 0 Å². The van der Waals surface area contributed by atoms with Gasteiger partial charge >= 0.3 is 6.18 Å². The van der Waals surface area contributed by atoms with Gasteiger partial charge in [0, 0.05) is 0 Å². The normalized spacial score (nSPS) is 11.1. The highest BCUT2D eigenvalue weighted by Crippen LogP contribution is 2.30. The van der Waals surface area contributed by atoms with Crippen LogP contribution in [-0.2, 0) is 6.18 Å². The molecule has 0 saturated heterocycles. The summed E-state index contributed by atoms with van der Waals surface area (Å²) in [5.74, 6) is -3.47. The number of nitriles is 1. The Kier molecular flexibility index (Phi) is 2.38. The maximum absolute atomic E-state index is 12.4. The average molecular weight is 208 g/mol. The van der Waals surface area contributed by atoms with E-state index >= 15 is 0 Å². The summed E-state index contributed by atoms with van der Waals surface area (Å²) in [7, 11) is 0. The third kappa shape index (κ3) is 1.79. The molecule has 1 aromatic heterocycles. The van der Waals surface area contributed by atoms with Crippen LogP contribution in [0.15, 0.2) is 6.07 Å². The Morgan fingerprint density at radius 3 is 2.29 bits per heavy atom. The molecule has 0 saturated carbocycles. The predicted octanol–water partition coefficient (Wildman–Crippen LogP) is 2.25. The zero-order valence-electron chi connectivity index (χ0n) is 6.36. The third-order valence-electron chi connectivity index (χ3n) is 1.32. The first-order valence-corrected chi connectivity index (χ1v) is 3.19. The summed E-state index contributed by atoms with van der Waals surface area (Å²) >= 11 is 0. The molecule has 1 heterocycles. The Morgan fingerprint density at radius 2 is 1.86 bits per heavy atom. The molecule has 0 unspecified atom stereocenters. The molecular weight excluding hydrogens is 207 g/mol. The Bertz CT molecular complexity index is 404. The SMILES string of the molecule is N#Cc1cc(F)c(F)nc1C(F)(F)F. The van der Waals surface area contributed by atoms with Crippen LogP contribution in [0.5, 0.6) is 0 Å². The second-order valence-corrected chi connectivity index (χ2v) is 2.27. The van der Waals surface area contributed by atoms with Crippen molar-refractivity contribution in [2.75, 3.05) is 0 Å². The van der Waals surface area contributed by atoms with E-state index in [4.69, 9.17) is 5.26 Å². The highest BCUT2D eigenvalue weighted by Gasteiger charge is 2.36. The number of hydrogen-bond acceptors (Lipinski definition) is 2. The summed E-state index contributed by atoms with van der Waals surface area (Å²) in [4.78, 5) is 2.33. The first kappa shape index (κ1) is 10.4. The number of aromatic nitrogens is 1. The smallest absolute Gasteiger partial charge is 0.211 e. The van der Waals surface area contributed by atoms with E-state index in [1.807, 2.05) is 0 Å². The van der Waals surface area contributed by atoms with Crippen molar-refractivity contribution in [3.05, 3.63) is 29.1 Å². The topological polar surface area (TPSA) is 36.7 Å². The molecule has 0 fully saturated rings. The highest BCUT2D eigenvalue weighted by atomic mass is 19.4. The van der Waals surface area contributed by atoms with Gasteiger partial charge in [-0.15, -0.1) is 0 Å². The molecule has 1 rings (SSSR count). The Balaban J connectivity index is 3.45. The molecule has 0 atom stereocenters. The van der Waals surface area contributed by atoms with Crippen LogP contribution in [0.4, 0.5) is 22.0 Å². The molecule has 0 amide bonds. The van der Waals surface area contributed by atoms with Crippen LogP contribution in [0.2, 0.25) is 0 Å². The average Bonchev–Trinajstić information content (AvgIpc) is 2.07. The van der Waals surface area contributed by atoms with E-state index in [1.165, 1.54) is 0 Å². The third-order valence-corrected chi connectivity index (χ3v) is 1.32. The lowest BCUT2D eigenvalue weighted by Gasteiger charge is -2.06. The van der Waals surface area contributed by atoms with Crippen LogP contribution in [0.3, 0.4) is 0 Å². The van der Waals surface area contributed by atoms with Crippen LogP contribution >= 0.6 is 0 Å². The molecule has 2 nitrogen and oxygen atoms in total. The van der Waals surface area contributed by atoms with Crippen molar-refractivity contribution in [1.29, 1.82) is 5.26 Å². The van der Waals surface area contributed by atoms with E-state index in [0.29, 0.717) is 0 Å². The standard InChI is InChI=1S/C7HF5N2/c8-4-1-3(2-13)5(7(10,11)12)14-6(4)9/h1H. The molecule has 0 aliphatic rings. The van der Waals surface area contributed by atoms with E-state index < -0.39 is 29.2 Å². The van der Waals surface area contributed by atoms with Crippen molar-refractivity contribution in [2.45, 2.75) is 6.18 Å². The molecule has 0 aliphatic carbocycles. The monoisotopic (exact) mass is 208 g/mol. The minimum atomic E-state index is -4.97. The molecule has 0 radical (unpaired) electrons. The van der Waals surface area contributed by atoms with Crippen LogP contribution < -0.4 is 0 Å². The summed E-state index contributed by atoms with van der Waals surface area (Å²) in [5, 5.41) is 8.22. The van der Waals surface area contributed by atoms with Gasteiger partial charge in [-0.1, -0.05) is 0 Å². The maximum atomic E-state index is 12.4. The van der Waals surface area contributed by atoms with Crippen LogP contribution in [-0.4, -0.2) is 4.98 Å². The lowest BCUT2D eigenvalue weighted by Crippen LogP contribution is -2.13. The summed E-state index contributed by atoms with van der Waals surface area (Å²) in [5.41, 5.74) is -2.77. The van der Waals surface area contributed by atoms with E-state index in [2.05, 4.69) is 4.98 Å². The minimum Gasteiger partial charge on any atom is -0.211 e. The molecule has 0 bridgehead atoms. The maximum Gasteiger partial charge on any atom is 0.434 e. The van der Waals surface area contributed by atoms with Gasteiger partial charge in [-0.25, -0.2) is 9.37 Å². The minimum absolute atomic E-state index is 0.158. The van der Waals surface area contributed by atoms with E-state index in [1.54, 1.807) is 0 Å². The quantitative estimate of drug-likeness (QED) is 0.484. The number of halogens is 5. The number of alkyl halides is 3. The van der Waals surface area contributed by atoms with Gasteiger partial charge in [0.25, 0.3) is 0 Å². The number of nitrogens with zero attached hydrogens (tertiary/aromatic N) is 2. The first-order chi connectivity index (χ1) is 6.36. The van der Waals surface area contributed by atoms with Crippen molar-refractivity contribution < 1.29 is 22.0 Å². The number of hydrogen-bond donors (Lipinski definition) is 0. The molecule has 0 N–H and O–H groups in total. The highest BCUT2D eigenvalue weighted by molar-refractivity contribution is 5.34. The second kappa shape index (κ2) is 3.21. The molecule has 0 aliphatic heterocycles. The van der Waals surface area contributed by atoms with E-state index in [9.17, 15) is 22.0 Å². The molecule has 1 aromatic rings. The van der Waals surface area contributed by atoms with Gasteiger partial charge in [0.15, 0.2) is 11.5 Å². The molecule has 74 valence electrons. The van der Waals surface area contributed by atoms with Gasteiger partial charge < -0.3 is 0 Å². The van der Waals surface area contributed by atoms with Crippen LogP contribution in [0, 0.1) is 23.1 Å². The summed E-state index contributed by atoms with van der Waals surface area (Å²) in [6.07, 6.45) is -4.97. The fourth-order valence-electron chi connectivity index (χ4n) is 0.768. The Morgan fingerprint density at radius 1 is 1.29 bits per heavy atom. The van der Waals surface area contributed by atoms with Crippen molar-refractivity contribution >= 4 is 0 Å². The zero-order valence-corrected chi connectivity index (χ0v) is 6.36. The Hall–Kier alpha value is -1.71. The number of pyridine rings is 1. The fourth-order valence-corrected chi connectivity index (χ4v) is 0.768. The van der Waals surface area contributed by atoms with Crippen molar-refractivity contribution in [3.8, 4) is 6.07 Å².